The number of urea groups is 1. The number of hydrogen-bond acceptors (Lipinski definition) is 5. The van der Waals surface area contributed by atoms with Gasteiger partial charge in [-0.15, -0.1) is 0 Å². The molecule has 140 valence electrons. The summed E-state index contributed by atoms with van der Waals surface area (Å²) in [6.45, 7) is 7.74. The molecule has 1 atom stereocenters. The van der Waals surface area contributed by atoms with Crippen molar-refractivity contribution < 1.29 is 14.3 Å². The Bertz CT molecular complexity index is 553. The lowest BCUT2D eigenvalue weighted by atomic mass is 9.92. The summed E-state index contributed by atoms with van der Waals surface area (Å²) in [5, 5.41) is 2.96. The van der Waals surface area contributed by atoms with Gasteiger partial charge in [0.1, 0.15) is 5.82 Å². The highest BCUT2D eigenvalue weighted by atomic mass is 16.5. The molecule has 7 nitrogen and oxygen atoms in total. The number of aryl methyl sites for hydroxylation is 1. The topological polar surface area (TPSA) is 76.6 Å². The van der Waals surface area contributed by atoms with Crippen LogP contribution in [0.4, 0.5) is 4.79 Å². The van der Waals surface area contributed by atoms with Crippen molar-refractivity contribution >= 4 is 6.03 Å². The molecular formula is C18H30N4O3. The van der Waals surface area contributed by atoms with Crippen molar-refractivity contribution in [3.63, 3.8) is 0 Å². The second-order valence-electron chi connectivity index (χ2n) is 6.39. The minimum Gasteiger partial charge on any atom is -0.382 e. The molecule has 2 amide bonds. The van der Waals surface area contributed by atoms with Crippen molar-refractivity contribution in [3.8, 4) is 0 Å². The standard InChI is InChI=1S/C18H30N4O3/c1-4-7-19-18(23)22-8-5-6-15(12-22)17-16(11-20-14(2)21-17)13-25-10-9-24-3/h11,15H,4-10,12-13H2,1-3H3,(H,19,23). The summed E-state index contributed by atoms with van der Waals surface area (Å²) in [5.41, 5.74) is 2.01. The van der Waals surface area contributed by atoms with Crippen molar-refractivity contribution in [1.82, 2.24) is 20.2 Å². The van der Waals surface area contributed by atoms with Gasteiger partial charge in [-0.25, -0.2) is 14.8 Å². The molecule has 0 saturated carbocycles. The van der Waals surface area contributed by atoms with E-state index >= 15 is 0 Å². The Morgan fingerprint density at radius 2 is 2.28 bits per heavy atom. The number of carbonyl (C=O) groups is 1. The summed E-state index contributed by atoms with van der Waals surface area (Å²) < 4.78 is 10.7. The van der Waals surface area contributed by atoms with E-state index in [-0.39, 0.29) is 11.9 Å². The van der Waals surface area contributed by atoms with Crippen molar-refractivity contribution in [1.29, 1.82) is 0 Å². The van der Waals surface area contributed by atoms with Crippen LogP contribution >= 0.6 is 0 Å². The van der Waals surface area contributed by atoms with Crippen LogP contribution in [0.1, 0.15) is 49.2 Å². The Morgan fingerprint density at radius 1 is 1.44 bits per heavy atom. The molecule has 25 heavy (non-hydrogen) atoms. The molecule has 1 saturated heterocycles. The summed E-state index contributed by atoms with van der Waals surface area (Å²) in [5.74, 6) is 0.979. The summed E-state index contributed by atoms with van der Waals surface area (Å²) in [6.07, 6.45) is 4.80. The third-order valence-corrected chi connectivity index (χ3v) is 4.33. The number of piperidine rings is 1. The van der Waals surface area contributed by atoms with Crippen LogP contribution < -0.4 is 5.32 Å². The zero-order valence-corrected chi connectivity index (χ0v) is 15.6. The molecule has 1 aromatic rings. The Labute approximate surface area is 150 Å². The van der Waals surface area contributed by atoms with Crippen LogP contribution in [0.5, 0.6) is 0 Å². The smallest absolute Gasteiger partial charge is 0.317 e. The van der Waals surface area contributed by atoms with Crippen LogP contribution in [0.25, 0.3) is 0 Å². The molecule has 0 bridgehead atoms. The predicted molar refractivity (Wildman–Crippen MR) is 95.5 cm³/mol. The summed E-state index contributed by atoms with van der Waals surface area (Å²) in [7, 11) is 1.66. The molecular weight excluding hydrogens is 320 g/mol. The van der Waals surface area contributed by atoms with Crippen molar-refractivity contribution in [2.45, 2.75) is 45.6 Å². The number of carbonyl (C=O) groups excluding carboxylic acids is 1. The molecule has 0 spiro atoms. The maximum Gasteiger partial charge on any atom is 0.317 e. The van der Waals surface area contributed by atoms with Gasteiger partial charge in [-0.05, 0) is 26.2 Å². The van der Waals surface area contributed by atoms with Crippen molar-refractivity contribution in [2.24, 2.45) is 0 Å². The van der Waals surface area contributed by atoms with E-state index < -0.39 is 0 Å². The molecule has 0 aromatic carbocycles. The molecule has 1 unspecified atom stereocenters. The Balaban J connectivity index is 2.05. The molecule has 1 aliphatic heterocycles. The number of hydrogen-bond donors (Lipinski definition) is 1. The fraction of sp³-hybridized carbons (Fsp3) is 0.722. The Kier molecular flexibility index (Phi) is 8.08. The van der Waals surface area contributed by atoms with Crippen molar-refractivity contribution in [3.05, 3.63) is 23.3 Å². The van der Waals surface area contributed by atoms with Gasteiger partial charge in [0, 0.05) is 44.4 Å². The molecule has 1 aromatic heterocycles. The number of nitrogens with one attached hydrogen (secondary N) is 1. The second-order valence-corrected chi connectivity index (χ2v) is 6.39. The highest BCUT2D eigenvalue weighted by Gasteiger charge is 2.27. The van der Waals surface area contributed by atoms with Gasteiger partial charge in [-0.3, -0.25) is 0 Å². The van der Waals surface area contributed by atoms with E-state index in [1.807, 2.05) is 18.0 Å². The van der Waals surface area contributed by atoms with E-state index in [9.17, 15) is 4.79 Å². The van der Waals surface area contributed by atoms with Crippen LogP contribution in [0, 0.1) is 6.92 Å². The van der Waals surface area contributed by atoms with E-state index in [0.717, 1.165) is 42.9 Å². The average Bonchev–Trinajstić information content (AvgIpc) is 2.64. The van der Waals surface area contributed by atoms with Crippen LogP contribution in [-0.4, -0.2) is 60.9 Å². The van der Waals surface area contributed by atoms with E-state index in [0.29, 0.717) is 32.9 Å². The fourth-order valence-electron chi connectivity index (χ4n) is 3.03. The van der Waals surface area contributed by atoms with Gasteiger partial charge in [0.25, 0.3) is 0 Å². The Hall–Kier alpha value is -1.73. The molecule has 2 rings (SSSR count). The van der Waals surface area contributed by atoms with Gasteiger partial charge in [0.2, 0.25) is 0 Å². The van der Waals surface area contributed by atoms with Gasteiger partial charge in [-0.1, -0.05) is 6.92 Å². The monoisotopic (exact) mass is 350 g/mol. The van der Waals surface area contributed by atoms with Gasteiger partial charge >= 0.3 is 6.03 Å². The van der Waals surface area contributed by atoms with E-state index in [1.54, 1.807) is 7.11 Å². The second kappa shape index (κ2) is 10.3. The third kappa shape index (κ3) is 5.93. The number of methoxy groups -OCH3 is 1. The van der Waals surface area contributed by atoms with E-state index in [4.69, 9.17) is 9.47 Å². The predicted octanol–water partition coefficient (Wildman–Crippen LogP) is 2.25. The minimum atomic E-state index is 0.0234. The van der Waals surface area contributed by atoms with Crippen LogP contribution in [0.2, 0.25) is 0 Å². The number of ether oxygens (including phenoxy) is 2. The normalized spacial score (nSPS) is 17.6. The molecule has 0 radical (unpaired) electrons. The molecule has 1 aliphatic rings. The molecule has 7 heteroatoms. The number of aromatic nitrogens is 2. The largest absolute Gasteiger partial charge is 0.382 e. The van der Waals surface area contributed by atoms with Gasteiger partial charge in [0.15, 0.2) is 0 Å². The highest BCUT2D eigenvalue weighted by Crippen LogP contribution is 2.28. The van der Waals surface area contributed by atoms with E-state index in [2.05, 4.69) is 22.2 Å². The van der Waals surface area contributed by atoms with Crippen LogP contribution in [0.15, 0.2) is 6.20 Å². The number of amides is 2. The zero-order chi connectivity index (χ0) is 18.1. The summed E-state index contributed by atoms with van der Waals surface area (Å²) >= 11 is 0. The number of nitrogens with zero attached hydrogens (tertiary/aromatic N) is 3. The Morgan fingerprint density at radius 3 is 3.04 bits per heavy atom. The molecule has 2 heterocycles. The van der Waals surface area contributed by atoms with E-state index in [1.165, 1.54) is 0 Å². The quantitative estimate of drug-likeness (QED) is 0.728. The maximum absolute atomic E-state index is 12.3. The lowest BCUT2D eigenvalue weighted by molar-refractivity contribution is 0.0607. The third-order valence-electron chi connectivity index (χ3n) is 4.33. The van der Waals surface area contributed by atoms with Crippen LogP contribution in [-0.2, 0) is 16.1 Å². The number of likely N-dealkylation sites (tertiary alicyclic amines) is 1. The first kappa shape index (κ1) is 19.6. The van der Waals surface area contributed by atoms with Crippen molar-refractivity contribution in [2.75, 3.05) is 40.0 Å². The summed E-state index contributed by atoms with van der Waals surface area (Å²) in [4.78, 5) is 23.2. The first-order valence-corrected chi connectivity index (χ1v) is 9.07. The van der Waals surface area contributed by atoms with Gasteiger partial charge < -0.3 is 19.7 Å². The number of rotatable bonds is 8. The van der Waals surface area contributed by atoms with Crippen LogP contribution in [0.3, 0.4) is 0 Å². The maximum atomic E-state index is 12.3. The lowest BCUT2D eigenvalue weighted by Gasteiger charge is -2.33. The molecule has 1 N–H and O–H groups in total. The van der Waals surface area contributed by atoms with Gasteiger partial charge in [-0.2, -0.15) is 0 Å². The average molecular weight is 350 g/mol. The lowest BCUT2D eigenvalue weighted by Crippen LogP contribution is -2.45. The fourth-order valence-corrected chi connectivity index (χ4v) is 3.03. The summed E-state index contributed by atoms with van der Waals surface area (Å²) in [6, 6.07) is 0.0234. The molecule has 1 fully saturated rings. The molecule has 0 aliphatic carbocycles. The SMILES string of the molecule is CCCNC(=O)N1CCCC(c2nc(C)ncc2COCCOC)C1. The first-order valence-electron chi connectivity index (χ1n) is 9.07. The highest BCUT2D eigenvalue weighted by molar-refractivity contribution is 5.74. The van der Waals surface area contributed by atoms with Gasteiger partial charge in [0.05, 0.1) is 25.5 Å². The zero-order valence-electron chi connectivity index (χ0n) is 15.6. The first-order chi connectivity index (χ1) is 12.2. The minimum absolute atomic E-state index is 0.0234.